The Morgan fingerprint density at radius 1 is 1.53 bits per heavy atom. The summed E-state index contributed by atoms with van der Waals surface area (Å²) in [6, 6.07) is 6.43. The molecule has 1 fully saturated rings. The average Bonchev–Trinajstić information content (AvgIpc) is 2.53. The Morgan fingerprint density at radius 2 is 2.37 bits per heavy atom. The minimum atomic E-state index is -3.37. The Balaban J connectivity index is 2.30. The van der Waals surface area contributed by atoms with Gasteiger partial charge in [0.1, 0.15) is 0 Å². The minimum Gasteiger partial charge on any atom is -0.303 e. The van der Waals surface area contributed by atoms with Crippen LogP contribution in [0.1, 0.15) is 47.1 Å². The summed E-state index contributed by atoms with van der Waals surface area (Å²) in [7, 11) is -3.37. The Morgan fingerprint density at radius 3 is 3.11 bits per heavy atom. The van der Waals surface area contributed by atoms with E-state index in [1.165, 1.54) is 11.0 Å². The van der Waals surface area contributed by atoms with Crippen molar-refractivity contribution in [3.63, 3.8) is 0 Å². The summed E-state index contributed by atoms with van der Waals surface area (Å²) in [4.78, 5) is 1.40. The van der Waals surface area contributed by atoms with Crippen molar-refractivity contribution in [1.29, 1.82) is 0 Å². The van der Waals surface area contributed by atoms with Crippen LogP contribution in [0.2, 0.25) is 0 Å². The van der Waals surface area contributed by atoms with E-state index in [0.29, 0.717) is 12.8 Å². The predicted octanol–water partition coefficient (Wildman–Crippen LogP) is 2.68. The molecule has 1 aliphatic rings. The van der Waals surface area contributed by atoms with Crippen LogP contribution in [-0.4, -0.2) is 39.2 Å². The number of piperidine rings is 1. The van der Waals surface area contributed by atoms with Crippen molar-refractivity contribution >= 4 is 9.84 Å². The first-order chi connectivity index (χ1) is 11.7. The number of sulfone groups is 1. The van der Waals surface area contributed by atoms with E-state index in [9.17, 15) is 8.42 Å². The normalized spacial score (nSPS) is 29.1. The van der Waals surface area contributed by atoms with Crippen LogP contribution < -0.4 is 0 Å². The van der Waals surface area contributed by atoms with Crippen LogP contribution in [-0.2, 0) is 9.84 Å². The molecule has 0 aromatic heterocycles. The van der Waals surface area contributed by atoms with Gasteiger partial charge in [-0.25, -0.2) is 8.42 Å². The van der Waals surface area contributed by atoms with E-state index in [2.05, 4.69) is 0 Å². The van der Waals surface area contributed by atoms with Crippen LogP contribution in [0.4, 0.5) is 0 Å². The highest BCUT2D eigenvalue weighted by atomic mass is 32.2. The van der Waals surface area contributed by atoms with Crippen molar-refractivity contribution in [3.05, 3.63) is 29.8 Å². The maximum atomic E-state index is 11.8. The van der Waals surface area contributed by atoms with Gasteiger partial charge >= 0.3 is 0 Å². The van der Waals surface area contributed by atoms with Crippen molar-refractivity contribution in [2.75, 3.05) is 25.8 Å². The minimum absolute atomic E-state index is 0.121. The molecule has 19 heavy (non-hydrogen) atoms. The molecular formula is C15H23NO2S. The van der Waals surface area contributed by atoms with Gasteiger partial charge in [-0.05, 0) is 55.9 Å². The van der Waals surface area contributed by atoms with Gasteiger partial charge in [0.25, 0.3) is 0 Å². The molecule has 0 saturated carbocycles. The fraction of sp³-hybridized carbons (Fsp3) is 0.600. The molecule has 3 nitrogen and oxygen atoms in total. The van der Waals surface area contributed by atoms with E-state index in [0.717, 1.165) is 11.8 Å². The highest BCUT2D eigenvalue weighted by Crippen LogP contribution is 2.28. The summed E-state index contributed by atoms with van der Waals surface area (Å²) in [5.74, 6) is -0.201. The number of nitrogens with zero attached hydrogens (tertiary/aromatic N) is 1. The first kappa shape index (κ1) is 7.79. The van der Waals surface area contributed by atoms with E-state index in [1.807, 2.05) is 0 Å². The van der Waals surface area contributed by atoms with E-state index in [4.69, 9.17) is 9.60 Å². The number of hydrogen-bond donors (Lipinski definition) is 0. The molecule has 0 aliphatic carbocycles. The van der Waals surface area contributed by atoms with Gasteiger partial charge in [0.05, 0.1) is 4.90 Å². The summed E-state index contributed by atoms with van der Waals surface area (Å²) in [6.45, 7) is -5.41. The van der Waals surface area contributed by atoms with Crippen molar-refractivity contribution in [3.8, 4) is 0 Å². The number of rotatable bonds is 4. The highest BCUT2D eigenvalue weighted by Gasteiger charge is 2.21. The average molecular weight is 288 g/mol. The van der Waals surface area contributed by atoms with Gasteiger partial charge in [-0.15, -0.1) is 0 Å². The number of hydrogen-bond acceptors (Lipinski definition) is 3. The molecule has 1 aromatic carbocycles. The van der Waals surface area contributed by atoms with Crippen molar-refractivity contribution in [1.82, 2.24) is 4.90 Å². The quantitative estimate of drug-likeness (QED) is 0.855. The second-order valence-corrected chi connectivity index (χ2v) is 6.88. The van der Waals surface area contributed by atoms with Gasteiger partial charge in [0, 0.05) is 22.4 Å². The molecule has 1 saturated heterocycles. The Kier molecular flexibility index (Phi) is 2.48. The zero-order valence-electron chi connectivity index (χ0n) is 17.9. The van der Waals surface area contributed by atoms with Crippen LogP contribution in [0.15, 0.2) is 29.2 Å². The molecule has 0 bridgehead atoms. The highest BCUT2D eigenvalue weighted by molar-refractivity contribution is 7.90. The summed E-state index contributed by atoms with van der Waals surface area (Å²) in [6.07, 6.45) is -0.666. The molecule has 0 unspecified atom stereocenters. The molecular weight excluding hydrogens is 258 g/mol. The molecule has 1 aromatic rings. The first-order valence-corrected chi connectivity index (χ1v) is 8.12. The molecule has 2 rings (SSSR count). The molecule has 106 valence electrons. The lowest BCUT2D eigenvalue weighted by Gasteiger charge is -2.32. The van der Waals surface area contributed by atoms with Gasteiger partial charge < -0.3 is 4.90 Å². The second kappa shape index (κ2) is 6.06. The smallest absolute Gasteiger partial charge is 0.175 e. The lowest BCUT2D eigenvalue weighted by Crippen LogP contribution is -2.34. The molecule has 0 N–H and O–H groups in total. The van der Waals surface area contributed by atoms with Crippen molar-refractivity contribution < 1.29 is 18.0 Å². The molecule has 1 aliphatic heterocycles. The van der Waals surface area contributed by atoms with Gasteiger partial charge in [-0.1, -0.05) is 19.0 Å². The standard InChI is InChI=1S/C15H23NO2S/c1-3-9-16-10-5-7-14(12-16)13-6-4-8-15(11-13)19(2,17)18/h4,6,8,11,14H,3,5,7,9-10,12H2,1-2H3/t14-/m0/s1/i1D3,3D2,9D2. The Bertz CT molecular complexity index is 762. The Hall–Kier alpha value is -0.870. The predicted molar refractivity (Wildman–Crippen MR) is 78.3 cm³/mol. The number of benzene rings is 1. The third-order valence-corrected chi connectivity index (χ3v) is 4.50. The third-order valence-electron chi connectivity index (χ3n) is 3.39. The number of likely N-dealkylation sites (tertiary alicyclic amines) is 1. The second-order valence-electron chi connectivity index (χ2n) is 4.87. The SMILES string of the molecule is [2H]C([2H])([2H])C([2H])([2H])C([2H])([2H])N1CCC[C@H](c2cccc(S(C)(=O)=O)c2)C1. The summed E-state index contributed by atoms with van der Waals surface area (Å²) >= 11 is 0. The molecule has 4 heteroatoms. The van der Waals surface area contributed by atoms with E-state index in [1.54, 1.807) is 18.2 Å². The van der Waals surface area contributed by atoms with Gasteiger partial charge in [-0.2, -0.15) is 0 Å². The van der Waals surface area contributed by atoms with Crippen LogP contribution in [0.5, 0.6) is 0 Å². The van der Waals surface area contributed by atoms with E-state index in [-0.39, 0.29) is 23.9 Å². The largest absolute Gasteiger partial charge is 0.303 e. The molecule has 0 radical (unpaired) electrons. The third kappa shape index (κ3) is 3.80. The lowest BCUT2D eigenvalue weighted by molar-refractivity contribution is 0.208. The maximum absolute atomic E-state index is 11.8. The van der Waals surface area contributed by atoms with Gasteiger partial charge in [-0.3, -0.25) is 0 Å². The lowest BCUT2D eigenvalue weighted by atomic mass is 9.90. The summed E-state index contributed by atoms with van der Waals surface area (Å²) in [5, 5.41) is 0. The fourth-order valence-electron chi connectivity index (χ4n) is 2.43. The molecule has 0 amide bonds. The summed E-state index contributed by atoms with van der Waals surface area (Å²) < 4.78 is 77.4. The van der Waals surface area contributed by atoms with Crippen molar-refractivity contribution in [2.24, 2.45) is 0 Å². The zero-order chi connectivity index (χ0) is 20.0. The maximum Gasteiger partial charge on any atom is 0.175 e. The van der Waals surface area contributed by atoms with E-state index < -0.39 is 29.6 Å². The monoisotopic (exact) mass is 288 g/mol. The van der Waals surface area contributed by atoms with Crippen LogP contribution in [0.25, 0.3) is 0 Å². The first-order valence-electron chi connectivity index (χ1n) is 9.73. The van der Waals surface area contributed by atoms with Gasteiger partial charge in [0.15, 0.2) is 9.84 Å². The molecule has 0 spiro atoms. The fourth-order valence-corrected chi connectivity index (χ4v) is 3.10. The van der Waals surface area contributed by atoms with Crippen LogP contribution >= 0.6 is 0 Å². The molecule has 1 atom stereocenters. The van der Waals surface area contributed by atoms with Crippen LogP contribution in [0.3, 0.4) is 0 Å². The molecule has 1 heterocycles. The topological polar surface area (TPSA) is 37.4 Å². The Labute approximate surface area is 126 Å². The van der Waals surface area contributed by atoms with Gasteiger partial charge in [0.2, 0.25) is 0 Å². The van der Waals surface area contributed by atoms with Crippen LogP contribution in [0, 0.1) is 0 Å². The van der Waals surface area contributed by atoms with E-state index >= 15 is 0 Å². The summed E-state index contributed by atoms with van der Waals surface area (Å²) in [5.41, 5.74) is 0.725. The van der Waals surface area contributed by atoms with Crippen molar-refractivity contribution in [2.45, 2.75) is 36.9 Å². The zero-order valence-corrected chi connectivity index (χ0v) is 11.7.